The molecule has 0 bridgehead atoms. The topological polar surface area (TPSA) is 99.1 Å². The Morgan fingerprint density at radius 3 is 2.13 bits per heavy atom. The maximum atomic E-state index is 12.1. The average molecular weight is 455 g/mol. The minimum Gasteiger partial charge on any atom is -0.508 e. The van der Waals surface area contributed by atoms with E-state index in [2.05, 4.69) is 5.32 Å². The molecule has 0 spiro atoms. The van der Waals surface area contributed by atoms with Gasteiger partial charge in [-0.05, 0) is 42.0 Å². The van der Waals surface area contributed by atoms with Gasteiger partial charge in [0.2, 0.25) is 0 Å². The second-order valence-electron chi connectivity index (χ2n) is 6.48. The van der Waals surface area contributed by atoms with Gasteiger partial charge < -0.3 is 25.2 Å². The summed E-state index contributed by atoms with van der Waals surface area (Å²) in [6.07, 6.45) is 0.131. The van der Waals surface area contributed by atoms with Crippen LogP contribution in [0.5, 0.6) is 11.5 Å². The van der Waals surface area contributed by atoms with Crippen LogP contribution in [0.2, 0.25) is 0 Å². The number of carbonyl (C=O) groups is 2. The molecule has 0 aliphatic heterocycles. The summed E-state index contributed by atoms with van der Waals surface area (Å²) in [5.74, 6) is -0.276. The second-order valence-corrected chi connectivity index (χ2v) is 7.23. The van der Waals surface area contributed by atoms with Crippen molar-refractivity contribution in [3.05, 3.63) is 54.1 Å². The van der Waals surface area contributed by atoms with Gasteiger partial charge in [-0.15, -0.1) is 23.2 Å². The number of alkyl halides is 2. The molecular formula is C21H24Cl2N2O5. The fourth-order valence-corrected chi connectivity index (χ4v) is 3.19. The zero-order chi connectivity index (χ0) is 21.9. The molecule has 0 heterocycles. The highest BCUT2D eigenvalue weighted by atomic mass is 35.5. The van der Waals surface area contributed by atoms with Gasteiger partial charge in [0.25, 0.3) is 5.91 Å². The van der Waals surface area contributed by atoms with Gasteiger partial charge in [-0.2, -0.15) is 0 Å². The van der Waals surface area contributed by atoms with Crippen molar-refractivity contribution in [2.24, 2.45) is 0 Å². The van der Waals surface area contributed by atoms with Crippen LogP contribution in [0.25, 0.3) is 0 Å². The van der Waals surface area contributed by atoms with Gasteiger partial charge in [0.05, 0.1) is 0 Å². The first-order valence-electron chi connectivity index (χ1n) is 9.32. The lowest BCUT2D eigenvalue weighted by atomic mass is 10.1. The van der Waals surface area contributed by atoms with Crippen molar-refractivity contribution in [1.82, 2.24) is 5.32 Å². The number of aliphatic carboxylic acids is 1. The molecule has 1 amide bonds. The molecule has 2 aromatic carbocycles. The minimum absolute atomic E-state index is 0.0807. The number of halogens is 2. The Labute approximate surface area is 185 Å². The summed E-state index contributed by atoms with van der Waals surface area (Å²) in [5, 5.41) is 21.2. The number of phenolic OH excluding ortho intramolecular Hbond substituents is 1. The van der Waals surface area contributed by atoms with Gasteiger partial charge in [-0.1, -0.05) is 12.1 Å². The lowest BCUT2D eigenvalue weighted by Crippen LogP contribution is -2.44. The fourth-order valence-electron chi connectivity index (χ4n) is 2.78. The standard InChI is InChI=1S/C21H24Cl2N2O5/c22-9-11-25(12-10-23)16-3-1-15(2-4-16)13-19(21(28)29)24-20(27)14-30-18-7-5-17(26)6-8-18/h1-8,19,26H,9-14H2,(H,24,27)(H,28,29)/t19-/m0/s1. The van der Waals surface area contributed by atoms with Crippen molar-refractivity contribution >= 4 is 40.8 Å². The lowest BCUT2D eigenvalue weighted by Gasteiger charge is -2.23. The molecule has 0 fully saturated rings. The summed E-state index contributed by atoms with van der Waals surface area (Å²) >= 11 is 11.7. The number of aromatic hydroxyl groups is 1. The fraction of sp³-hybridized carbons (Fsp3) is 0.333. The molecule has 0 saturated carbocycles. The second kappa shape index (κ2) is 12.1. The predicted octanol–water partition coefficient (Wildman–Crippen LogP) is 2.87. The quantitative estimate of drug-likeness (QED) is 0.426. The summed E-state index contributed by atoms with van der Waals surface area (Å²) in [6, 6.07) is 12.2. The van der Waals surface area contributed by atoms with E-state index in [0.717, 1.165) is 11.3 Å². The highest BCUT2D eigenvalue weighted by Gasteiger charge is 2.21. The first-order valence-corrected chi connectivity index (χ1v) is 10.4. The van der Waals surface area contributed by atoms with E-state index >= 15 is 0 Å². The summed E-state index contributed by atoms with van der Waals surface area (Å²) in [5.41, 5.74) is 1.71. The van der Waals surface area contributed by atoms with E-state index in [1.807, 2.05) is 29.2 Å². The molecule has 3 N–H and O–H groups in total. The van der Waals surface area contributed by atoms with Crippen LogP contribution in [-0.4, -0.2) is 59.6 Å². The molecule has 1 atom stereocenters. The van der Waals surface area contributed by atoms with Crippen LogP contribution >= 0.6 is 23.2 Å². The first-order chi connectivity index (χ1) is 14.4. The van der Waals surface area contributed by atoms with Crippen molar-refractivity contribution < 1.29 is 24.5 Å². The summed E-state index contributed by atoms with van der Waals surface area (Å²) < 4.78 is 5.30. The maximum absolute atomic E-state index is 12.1. The van der Waals surface area contributed by atoms with Gasteiger partial charge in [0.15, 0.2) is 6.61 Å². The molecule has 7 nitrogen and oxygen atoms in total. The number of anilines is 1. The first kappa shape index (κ1) is 23.6. The third-order valence-electron chi connectivity index (χ3n) is 4.29. The van der Waals surface area contributed by atoms with Crippen LogP contribution in [0.4, 0.5) is 5.69 Å². The Kier molecular flexibility index (Phi) is 9.57. The largest absolute Gasteiger partial charge is 0.508 e. The van der Waals surface area contributed by atoms with Crippen molar-refractivity contribution in [2.75, 3.05) is 36.4 Å². The van der Waals surface area contributed by atoms with Gasteiger partial charge in [0, 0.05) is 37.0 Å². The Bertz CT molecular complexity index is 809. The molecule has 0 aliphatic rings. The third-order valence-corrected chi connectivity index (χ3v) is 4.63. The van der Waals surface area contributed by atoms with E-state index in [9.17, 15) is 19.8 Å². The van der Waals surface area contributed by atoms with Crippen LogP contribution in [0.15, 0.2) is 48.5 Å². The lowest BCUT2D eigenvalue weighted by molar-refractivity contribution is -0.142. The van der Waals surface area contributed by atoms with Crippen molar-refractivity contribution in [3.63, 3.8) is 0 Å². The van der Waals surface area contributed by atoms with Gasteiger partial charge in [0.1, 0.15) is 17.5 Å². The van der Waals surface area contributed by atoms with E-state index < -0.39 is 17.9 Å². The smallest absolute Gasteiger partial charge is 0.326 e. The predicted molar refractivity (Wildman–Crippen MR) is 117 cm³/mol. The van der Waals surface area contributed by atoms with Crippen LogP contribution < -0.4 is 15.0 Å². The molecule has 162 valence electrons. The van der Waals surface area contributed by atoms with Crippen molar-refractivity contribution in [2.45, 2.75) is 12.5 Å². The Hall–Kier alpha value is -2.64. The summed E-state index contributed by atoms with van der Waals surface area (Å²) in [6.45, 7) is 0.976. The number of hydrogen-bond acceptors (Lipinski definition) is 5. The number of ether oxygens (including phenoxy) is 1. The van der Waals surface area contributed by atoms with Crippen LogP contribution in [0.1, 0.15) is 5.56 Å². The molecule has 30 heavy (non-hydrogen) atoms. The van der Waals surface area contributed by atoms with Crippen molar-refractivity contribution in [1.29, 1.82) is 0 Å². The molecule has 0 unspecified atom stereocenters. The zero-order valence-corrected chi connectivity index (χ0v) is 17.8. The number of nitrogens with zero attached hydrogens (tertiary/aromatic N) is 1. The highest BCUT2D eigenvalue weighted by molar-refractivity contribution is 6.18. The summed E-state index contributed by atoms with van der Waals surface area (Å²) in [7, 11) is 0. The maximum Gasteiger partial charge on any atom is 0.326 e. The molecule has 0 radical (unpaired) electrons. The van der Waals surface area contributed by atoms with Crippen LogP contribution in [0, 0.1) is 0 Å². The van der Waals surface area contributed by atoms with E-state index in [-0.39, 0.29) is 18.8 Å². The molecule has 2 rings (SSSR count). The molecule has 2 aromatic rings. The van der Waals surface area contributed by atoms with Gasteiger partial charge >= 0.3 is 5.97 Å². The van der Waals surface area contributed by atoms with Crippen molar-refractivity contribution in [3.8, 4) is 11.5 Å². The van der Waals surface area contributed by atoms with E-state index in [4.69, 9.17) is 27.9 Å². The molecular weight excluding hydrogens is 431 g/mol. The Balaban J connectivity index is 1.93. The minimum atomic E-state index is -1.14. The monoisotopic (exact) mass is 454 g/mol. The average Bonchev–Trinajstić information content (AvgIpc) is 2.73. The van der Waals surface area contributed by atoms with E-state index in [0.29, 0.717) is 30.6 Å². The van der Waals surface area contributed by atoms with E-state index in [1.54, 1.807) is 0 Å². The molecule has 0 aromatic heterocycles. The van der Waals surface area contributed by atoms with Crippen LogP contribution in [-0.2, 0) is 16.0 Å². The number of hydrogen-bond donors (Lipinski definition) is 3. The number of rotatable bonds is 12. The normalized spacial score (nSPS) is 11.5. The number of carbonyl (C=O) groups excluding carboxylic acids is 1. The number of amides is 1. The number of benzene rings is 2. The summed E-state index contributed by atoms with van der Waals surface area (Å²) in [4.78, 5) is 25.7. The number of carboxylic acids is 1. The Morgan fingerprint density at radius 2 is 1.60 bits per heavy atom. The van der Waals surface area contributed by atoms with E-state index in [1.165, 1.54) is 24.3 Å². The molecule has 0 saturated heterocycles. The third kappa shape index (κ3) is 7.65. The van der Waals surface area contributed by atoms with Crippen LogP contribution in [0.3, 0.4) is 0 Å². The Morgan fingerprint density at radius 1 is 1.00 bits per heavy atom. The number of phenols is 1. The molecule has 9 heteroatoms. The number of nitrogens with one attached hydrogen (secondary N) is 1. The van der Waals surface area contributed by atoms with Gasteiger partial charge in [-0.3, -0.25) is 4.79 Å². The molecule has 0 aliphatic carbocycles. The number of carboxylic acid groups (broad SMARTS) is 1. The SMILES string of the molecule is O=C(COc1ccc(O)cc1)N[C@@H](Cc1ccc(N(CCCl)CCCl)cc1)C(=O)O. The van der Waals surface area contributed by atoms with Gasteiger partial charge in [-0.25, -0.2) is 4.79 Å². The highest BCUT2D eigenvalue weighted by Crippen LogP contribution is 2.17. The zero-order valence-electron chi connectivity index (χ0n) is 16.3.